The number of benzene rings is 1. The predicted octanol–water partition coefficient (Wildman–Crippen LogP) is 3.35. The van der Waals surface area contributed by atoms with Crippen molar-refractivity contribution in [1.82, 2.24) is 24.2 Å². The van der Waals surface area contributed by atoms with Gasteiger partial charge in [0, 0.05) is 30.7 Å². The lowest BCUT2D eigenvalue weighted by Crippen LogP contribution is -2.27. The van der Waals surface area contributed by atoms with E-state index in [2.05, 4.69) is 10.1 Å². The van der Waals surface area contributed by atoms with Crippen LogP contribution in [0, 0.1) is 13.8 Å². The molecule has 0 fully saturated rings. The number of halogens is 2. The topological polar surface area (TPSA) is 56.0 Å². The van der Waals surface area contributed by atoms with Crippen LogP contribution in [-0.2, 0) is 6.54 Å². The van der Waals surface area contributed by atoms with E-state index in [1.165, 1.54) is 17.3 Å². The molecule has 6 nitrogen and oxygen atoms in total. The van der Waals surface area contributed by atoms with E-state index < -0.39 is 6.55 Å². The second-order valence-electron chi connectivity index (χ2n) is 6.08. The van der Waals surface area contributed by atoms with Gasteiger partial charge in [-0.15, -0.1) is 0 Å². The number of carbonyl (C=O) groups is 1. The van der Waals surface area contributed by atoms with Crippen molar-refractivity contribution < 1.29 is 13.6 Å². The Hall–Kier alpha value is -3.03. The minimum atomic E-state index is -2.68. The molecule has 0 radical (unpaired) electrons. The Balaban J connectivity index is 1.75. The molecule has 3 rings (SSSR count). The molecule has 0 atom stereocenters. The number of rotatable bonds is 5. The van der Waals surface area contributed by atoms with Gasteiger partial charge in [-0.05, 0) is 44.2 Å². The maximum Gasteiger partial charge on any atom is 0.319 e. The number of carbonyl (C=O) groups excluding carboxylic acids is 1. The summed E-state index contributed by atoms with van der Waals surface area (Å²) in [5.74, 6) is -0.135. The Morgan fingerprint density at radius 1 is 1.23 bits per heavy atom. The minimum Gasteiger partial charge on any atom is -0.334 e. The van der Waals surface area contributed by atoms with E-state index in [1.54, 1.807) is 36.0 Å². The van der Waals surface area contributed by atoms with Gasteiger partial charge in [-0.3, -0.25) is 9.36 Å². The molecule has 0 bridgehead atoms. The zero-order valence-electron chi connectivity index (χ0n) is 14.7. The molecule has 0 unspecified atom stereocenters. The Kier molecular flexibility index (Phi) is 4.83. The number of aromatic nitrogens is 4. The molecule has 0 aliphatic heterocycles. The highest BCUT2D eigenvalue weighted by atomic mass is 19.3. The fraction of sp³-hybridized carbons (Fsp3) is 0.278. The van der Waals surface area contributed by atoms with E-state index in [0.717, 1.165) is 21.6 Å². The molecule has 2 heterocycles. The number of amides is 1. The molecule has 2 aromatic heterocycles. The average Bonchev–Trinajstić information content (AvgIpc) is 3.20. The second-order valence-corrected chi connectivity index (χ2v) is 6.08. The number of imidazole rings is 1. The van der Waals surface area contributed by atoms with Crippen LogP contribution in [0.3, 0.4) is 0 Å². The first kappa shape index (κ1) is 17.8. The Bertz CT molecular complexity index is 914. The number of hydrogen-bond donors (Lipinski definition) is 0. The summed E-state index contributed by atoms with van der Waals surface area (Å²) >= 11 is 0. The van der Waals surface area contributed by atoms with Gasteiger partial charge >= 0.3 is 6.55 Å². The van der Waals surface area contributed by atoms with Crippen molar-refractivity contribution in [1.29, 1.82) is 0 Å². The summed E-state index contributed by atoms with van der Waals surface area (Å²) in [6.07, 6.45) is 2.49. The average molecular weight is 359 g/mol. The standard InChI is InChI=1S/C18H19F2N5O/c1-12-10-13(2)25(22-12)15-6-4-14(5-7-15)17(26)23(3)11-16-21-8-9-24(16)18(19)20/h4-10,18H,11H2,1-3H3. The van der Waals surface area contributed by atoms with Gasteiger partial charge in [-0.2, -0.15) is 13.9 Å². The monoisotopic (exact) mass is 359 g/mol. The summed E-state index contributed by atoms with van der Waals surface area (Å²) in [7, 11) is 1.56. The molecule has 0 aliphatic carbocycles. The summed E-state index contributed by atoms with van der Waals surface area (Å²) < 4.78 is 28.3. The van der Waals surface area contributed by atoms with Gasteiger partial charge in [-0.1, -0.05) is 0 Å². The summed E-state index contributed by atoms with van der Waals surface area (Å²) in [4.78, 5) is 17.8. The minimum absolute atomic E-state index is 0.00458. The Morgan fingerprint density at radius 3 is 2.50 bits per heavy atom. The van der Waals surface area contributed by atoms with Crippen molar-refractivity contribution >= 4 is 5.91 Å². The van der Waals surface area contributed by atoms with E-state index >= 15 is 0 Å². The maximum atomic E-state index is 12.9. The number of alkyl halides is 2. The quantitative estimate of drug-likeness (QED) is 0.702. The lowest BCUT2D eigenvalue weighted by molar-refractivity contribution is 0.0612. The van der Waals surface area contributed by atoms with Crippen molar-refractivity contribution in [3.8, 4) is 5.69 Å². The van der Waals surface area contributed by atoms with Crippen LogP contribution in [0.4, 0.5) is 8.78 Å². The van der Waals surface area contributed by atoms with Crippen molar-refractivity contribution in [3.05, 3.63) is 65.5 Å². The lowest BCUT2D eigenvalue weighted by Gasteiger charge is -2.18. The summed E-state index contributed by atoms with van der Waals surface area (Å²) in [6.45, 7) is 1.18. The van der Waals surface area contributed by atoms with Gasteiger partial charge in [0.1, 0.15) is 5.82 Å². The summed E-state index contributed by atoms with van der Waals surface area (Å²) in [6, 6.07) is 8.98. The number of hydrogen-bond acceptors (Lipinski definition) is 3. The van der Waals surface area contributed by atoms with E-state index in [0.29, 0.717) is 5.56 Å². The molecule has 3 aromatic rings. The van der Waals surface area contributed by atoms with Gasteiger partial charge in [0.2, 0.25) is 0 Å². The zero-order chi connectivity index (χ0) is 18.8. The van der Waals surface area contributed by atoms with Crippen LogP contribution >= 0.6 is 0 Å². The molecule has 0 N–H and O–H groups in total. The molecule has 0 saturated heterocycles. The molecule has 8 heteroatoms. The van der Waals surface area contributed by atoms with Crippen LogP contribution in [0.2, 0.25) is 0 Å². The fourth-order valence-corrected chi connectivity index (χ4v) is 2.78. The van der Waals surface area contributed by atoms with Crippen LogP contribution in [-0.4, -0.2) is 37.2 Å². The van der Waals surface area contributed by atoms with Gasteiger partial charge in [0.25, 0.3) is 5.91 Å². The van der Waals surface area contributed by atoms with E-state index in [4.69, 9.17) is 0 Å². The van der Waals surface area contributed by atoms with Crippen LogP contribution in [0.5, 0.6) is 0 Å². The van der Waals surface area contributed by atoms with Crippen molar-refractivity contribution in [2.24, 2.45) is 0 Å². The Labute approximate surface area is 149 Å². The third-order valence-corrected chi connectivity index (χ3v) is 4.05. The van der Waals surface area contributed by atoms with Gasteiger partial charge in [0.15, 0.2) is 0 Å². The molecule has 0 aliphatic rings. The fourth-order valence-electron chi connectivity index (χ4n) is 2.78. The van der Waals surface area contributed by atoms with E-state index in [-0.39, 0.29) is 18.3 Å². The third-order valence-electron chi connectivity index (χ3n) is 4.05. The molecular weight excluding hydrogens is 340 g/mol. The summed E-state index contributed by atoms with van der Waals surface area (Å²) in [5, 5.41) is 4.41. The molecular formula is C18H19F2N5O. The predicted molar refractivity (Wildman–Crippen MR) is 92.3 cm³/mol. The van der Waals surface area contributed by atoms with Crippen molar-refractivity contribution in [2.75, 3.05) is 7.05 Å². The molecule has 26 heavy (non-hydrogen) atoms. The van der Waals surface area contributed by atoms with Crippen LogP contribution in [0.25, 0.3) is 5.69 Å². The van der Waals surface area contributed by atoms with E-state index in [9.17, 15) is 13.6 Å². The molecule has 0 spiro atoms. The smallest absolute Gasteiger partial charge is 0.319 e. The molecule has 136 valence electrons. The normalized spacial score (nSPS) is 11.2. The van der Waals surface area contributed by atoms with Gasteiger partial charge < -0.3 is 4.90 Å². The highest BCUT2D eigenvalue weighted by Crippen LogP contribution is 2.16. The Morgan fingerprint density at radius 2 is 1.92 bits per heavy atom. The van der Waals surface area contributed by atoms with Crippen molar-refractivity contribution in [2.45, 2.75) is 26.9 Å². The summed E-state index contributed by atoms with van der Waals surface area (Å²) in [5.41, 5.74) is 3.23. The largest absolute Gasteiger partial charge is 0.334 e. The third kappa shape index (κ3) is 3.49. The van der Waals surface area contributed by atoms with Gasteiger partial charge in [0.05, 0.1) is 17.9 Å². The molecule has 1 amide bonds. The lowest BCUT2D eigenvalue weighted by atomic mass is 10.2. The second kappa shape index (κ2) is 7.07. The highest BCUT2D eigenvalue weighted by molar-refractivity contribution is 5.94. The van der Waals surface area contributed by atoms with Crippen LogP contribution < -0.4 is 0 Å². The number of nitrogens with zero attached hydrogens (tertiary/aromatic N) is 5. The van der Waals surface area contributed by atoms with Crippen LogP contribution in [0.1, 0.15) is 34.1 Å². The first-order valence-corrected chi connectivity index (χ1v) is 8.06. The van der Waals surface area contributed by atoms with Crippen LogP contribution in [0.15, 0.2) is 42.7 Å². The zero-order valence-corrected chi connectivity index (χ0v) is 14.7. The van der Waals surface area contributed by atoms with Gasteiger partial charge in [-0.25, -0.2) is 9.67 Å². The highest BCUT2D eigenvalue weighted by Gasteiger charge is 2.17. The number of aryl methyl sites for hydroxylation is 2. The molecule has 0 saturated carbocycles. The maximum absolute atomic E-state index is 12.9. The first-order valence-electron chi connectivity index (χ1n) is 8.06. The van der Waals surface area contributed by atoms with Crippen molar-refractivity contribution in [3.63, 3.8) is 0 Å². The SMILES string of the molecule is Cc1cc(C)n(-c2ccc(C(=O)N(C)Cc3nccn3C(F)F)cc2)n1. The van der Waals surface area contributed by atoms with E-state index in [1.807, 2.05) is 19.9 Å². The first-order chi connectivity index (χ1) is 12.4. The molecule has 1 aromatic carbocycles.